The molecule has 3 rings (SSSR count). The van der Waals surface area contributed by atoms with Crippen LogP contribution in [0.4, 0.5) is 0 Å². The molecule has 1 aromatic heterocycles. The van der Waals surface area contributed by atoms with E-state index >= 15 is 0 Å². The summed E-state index contributed by atoms with van der Waals surface area (Å²) < 4.78 is 4.47. The molecular weight excluding hydrogens is 258 g/mol. The molecule has 0 saturated carbocycles. The first-order valence-electron chi connectivity index (χ1n) is 7.85. The molecule has 1 unspecified atom stereocenters. The summed E-state index contributed by atoms with van der Waals surface area (Å²) in [5.74, 6) is 1.22. The summed E-state index contributed by atoms with van der Waals surface area (Å²) in [6.07, 6.45) is 4.49. The van der Waals surface area contributed by atoms with E-state index < -0.39 is 0 Å². The molecule has 0 N–H and O–H groups in total. The number of fused-ring (bicyclic) bond motifs is 1. The number of benzene rings is 1. The van der Waals surface area contributed by atoms with Crippen LogP contribution in [-0.4, -0.2) is 9.78 Å². The average Bonchev–Trinajstić information content (AvgIpc) is 2.84. The Bertz CT molecular complexity index is 666. The summed E-state index contributed by atoms with van der Waals surface area (Å²) in [5, 5.41) is 4.86. The summed E-state index contributed by atoms with van der Waals surface area (Å²) in [7, 11) is 0. The molecule has 0 aliphatic carbocycles. The number of hydrogen-bond acceptors (Lipinski definition) is 1. The molecule has 1 aliphatic rings. The molecule has 0 radical (unpaired) electrons. The Hall–Kier alpha value is -1.64. The van der Waals surface area contributed by atoms with Crippen LogP contribution in [0.25, 0.3) is 5.69 Å². The number of aryl methyl sites for hydroxylation is 4. The molecule has 1 aliphatic heterocycles. The molecular formula is C18H26N3+. The number of aromatic nitrogens is 3. The van der Waals surface area contributed by atoms with Crippen LogP contribution in [0.1, 0.15) is 55.7 Å². The van der Waals surface area contributed by atoms with Gasteiger partial charge in [0.05, 0.1) is 6.04 Å². The normalized spacial score (nSPS) is 18.1. The van der Waals surface area contributed by atoms with E-state index in [1.54, 1.807) is 0 Å². The number of hydrogen-bond donors (Lipinski definition) is 0. The Morgan fingerprint density at radius 1 is 1.14 bits per heavy atom. The predicted molar refractivity (Wildman–Crippen MR) is 84.8 cm³/mol. The molecule has 1 atom stereocenters. The van der Waals surface area contributed by atoms with Gasteiger partial charge in [-0.1, -0.05) is 43.1 Å². The van der Waals surface area contributed by atoms with E-state index in [1.165, 1.54) is 34.6 Å². The van der Waals surface area contributed by atoms with Gasteiger partial charge in [0.25, 0.3) is 5.82 Å². The Labute approximate surface area is 127 Å². The van der Waals surface area contributed by atoms with Gasteiger partial charge in [-0.3, -0.25) is 0 Å². The summed E-state index contributed by atoms with van der Waals surface area (Å²) in [6.45, 7) is 13.5. The summed E-state index contributed by atoms with van der Waals surface area (Å²) in [4.78, 5) is 0. The van der Waals surface area contributed by atoms with Crippen LogP contribution >= 0.6 is 0 Å². The third kappa shape index (κ3) is 2.39. The third-order valence-electron chi connectivity index (χ3n) is 4.60. The number of rotatable bonds is 1. The maximum atomic E-state index is 4.86. The Morgan fingerprint density at radius 2 is 1.76 bits per heavy atom. The lowest BCUT2D eigenvalue weighted by molar-refractivity contribution is -0.729. The third-order valence-corrected chi connectivity index (χ3v) is 4.60. The second kappa shape index (κ2) is 4.69. The Balaban J connectivity index is 2.08. The van der Waals surface area contributed by atoms with E-state index in [4.69, 9.17) is 5.10 Å². The van der Waals surface area contributed by atoms with Gasteiger partial charge in [0.15, 0.2) is 0 Å². The van der Waals surface area contributed by atoms with Crippen LogP contribution in [0.5, 0.6) is 0 Å². The molecule has 3 nitrogen and oxygen atoms in total. The van der Waals surface area contributed by atoms with Gasteiger partial charge in [0.2, 0.25) is 6.33 Å². The van der Waals surface area contributed by atoms with Gasteiger partial charge >= 0.3 is 0 Å². The molecule has 0 fully saturated rings. The topological polar surface area (TPSA) is 21.7 Å². The number of nitrogens with zero attached hydrogens (tertiary/aromatic N) is 3. The first-order valence-corrected chi connectivity index (χ1v) is 7.85. The van der Waals surface area contributed by atoms with Crippen LogP contribution < -0.4 is 4.57 Å². The molecule has 0 bridgehead atoms. The second-order valence-corrected chi connectivity index (χ2v) is 7.55. The van der Waals surface area contributed by atoms with E-state index in [-0.39, 0.29) is 5.41 Å². The lowest BCUT2D eigenvalue weighted by atomic mass is 9.85. The fourth-order valence-electron chi connectivity index (χ4n) is 3.72. The zero-order valence-electron chi connectivity index (χ0n) is 14.1. The quantitative estimate of drug-likeness (QED) is 0.733. The van der Waals surface area contributed by atoms with Crippen LogP contribution in [0.15, 0.2) is 18.5 Å². The highest BCUT2D eigenvalue weighted by atomic mass is 15.4. The van der Waals surface area contributed by atoms with Crippen molar-refractivity contribution in [1.82, 2.24) is 9.78 Å². The highest BCUT2D eigenvalue weighted by molar-refractivity contribution is 5.48. The highest BCUT2D eigenvalue weighted by Crippen LogP contribution is 2.33. The zero-order valence-corrected chi connectivity index (χ0v) is 14.1. The van der Waals surface area contributed by atoms with Crippen LogP contribution in [0, 0.1) is 26.2 Å². The van der Waals surface area contributed by atoms with E-state index in [0.29, 0.717) is 6.04 Å². The van der Waals surface area contributed by atoms with Crippen molar-refractivity contribution >= 4 is 0 Å². The van der Waals surface area contributed by atoms with Crippen molar-refractivity contribution in [1.29, 1.82) is 0 Å². The zero-order chi connectivity index (χ0) is 15.4. The molecule has 0 spiro atoms. The fourth-order valence-corrected chi connectivity index (χ4v) is 3.72. The maximum absolute atomic E-state index is 4.86. The van der Waals surface area contributed by atoms with Gasteiger partial charge in [-0.15, -0.1) is 0 Å². The van der Waals surface area contributed by atoms with Crippen LogP contribution in [-0.2, 0) is 6.42 Å². The first kappa shape index (κ1) is 14.3. The molecule has 2 heterocycles. The predicted octanol–water partition coefficient (Wildman–Crippen LogP) is 3.62. The largest absolute Gasteiger partial charge is 0.278 e. The van der Waals surface area contributed by atoms with Crippen LogP contribution in [0.2, 0.25) is 0 Å². The summed E-state index contributed by atoms with van der Waals surface area (Å²) >= 11 is 0. The highest BCUT2D eigenvalue weighted by Gasteiger charge is 2.39. The van der Waals surface area contributed by atoms with Gasteiger partial charge < -0.3 is 0 Å². The van der Waals surface area contributed by atoms with Gasteiger partial charge in [0.1, 0.15) is 5.69 Å². The van der Waals surface area contributed by atoms with E-state index in [9.17, 15) is 0 Å². The van der Waals surface area contributed by atoms with Crippen molar-refractivity contribution in [2.24, 2.45) is 5.41 Å². The monoisotopic (exact) mass is 284 g/mol. The van der Waals surface area contributed by atoms with Crippen LogP contribution in [0.3, 0.4) is 0 Å². The average molecular weight is 284 g/mol. The molecule has 2 aromatic rings. The summed E-state index contributed by atoms with van der Waals surface area (Å²) in [6, 6.07) is 5.02. The Morgan fingerprint density at radius 3 is 2.33 bits per heavy atom. The molecule has 0 saturated heterocycles. The van der Waals surface area contributed by atoms with Gasteiger partial charge in [-0.25, -0.2) is 4.57 Å². The van der Waals surface area contributed by atoms with Crippen molar-refractivity contribution in [3.63, 3.8) is 0 Å². The SMILES string of the molecule is Cc1cc(C)c(-n2c[n+]3c(n2)CCC3C(C)(C)C)c(C)c1. The van der Waals surface area contributed by atoms with E-state index in [1.807, 2.05) is 0 Å². The minimum absolute atomic E-state index is 0.279. The molecule has 112 valence electrons. The van der Waals surface area contributed by atoms with Gasteiger partial charge in [-0.05, 0) is 43.7 Å². The van der Waals surface area contributed by atoms with Crippen molar-refractivity contribution in [2.45, 2.75) is 60.4 Å². The van der Waals surface area contributed by atoms with Crippen molar-refractivity contribution in [2.75, 3.05) is 0 Å². The van der Waals surface area contributed by atoms with E-state index in [2.05, 4.69) is 69.3 Å². The minimum atomic E-state index is 0.279. The van der Waals surface area contributed by atoms with Crippen molar-refractivity contribution in [3.8, 4) is 5.69 Å². The van der Waals surface area contributed by atoms with Crippen molar-refractivity contribution < 1.29 is 4.57 Å². The van der Waals surface area contributed by atoms with E-state index in [0.717, 1.165) is 6.42 Å². The lowest BCUT2D eigenvalue weighted by Crippen LogP contribution is -2.43. The smallest absolute Gasteiger partial charge is 0.231 e. The van der Waals surface area contributed by atoms with Gasteiger partial charge in [-0.2, -0.15) is 0 Å². The molecule has 0 amide bonds. The molecule has 1 aromatic carbocycles. The fraction of sp³-hybridized carbons (Fsp3) is 0.556. The van der Waals surface area contributed by atoms with Crippen molar-refractivity contribution in [3.05, 3.63) is 41.0 Å². The molecule has 21 heavy (non-hydrogen) atoms. The second-order valence-electron chi connectivity index (χ2n) is 7.55. The minimum Gasteiger partial charge on any atom is -0.231 e. The first-order chi connectivity index (χ1) is 9.77. The lowest BCUT2D eigenvalue weighted by Gasteiger charge is -2.24. The maximum Gasteiger partial charge on any atom is 0.278 e. The summed E-state index contributed by atoms with van der Waals surface area (Å²) in [5.41, 5.74) is 5.41. The van der Waals surface area contributed by atoms with Gasteiger partial charge in [0, 0.05) is 11.5 Å². The Kier molecular flexibility index (Phi) is 3.19. The standard InChI is InChI=1S/C18H26N3/c1-12-9-13(2)17(14(3)10-12)21-11-20-15(18(4,5)6)7-8-16(20)19-21/h9-11,15H,7-8H2,1-6H3/q+1. The molecule has 3 heteroatoms.